The second-order valence-corrected chi connectivity index (χ2v) is 4.42. The highest BCUT2D eigenvalue weighted by Crippen LogP contribution is 2.21. The van der Waals surface area contributed by atoms with Gasteiger partial charge in [-0.1, -0.05) is 26.0 Å². The molecule has 80 valence electrons. The number of aryl methyl sites for hydroxylation is 1. The average Bonchev–Trinajstić information content (AvgIpc) is 2.45. The van der Waals surface area contributed by atoms with E-state index in [0.29, 0.717) is 11.9 Å². The smallest absolute Gasteiger partial charge is 0.201 e. The molecule has 1 heterocycles. The van der Waals surface area contributed by atoms with Crippen molar-refractivity contribution in [1.82, 2.24) is 9.55 Å². The van der Waals surface area contributed by atoms with E-state index >= 15 is 0 Å². The number of aromatic nitrogens is 2. The Labute approximate surface area is 89.9 Å². The molecule has 0 aliphatic heterocycles. The van der Waals surface area contributed by atoms with Crippen molar-refractivity contribution < 1.29 is 0 Å². The predicted octanol–water partition coefficient (Wildman–Crippen LogP) is 2.58. The van der Waals surface area contributed by atoms with Crippen molar-refractivity contribution >= 4 is 17.0 Å². The minimum atomic E-state index is 0.574. The van der Waals surface area contributed by atoms with Gasteiger partial charge in [0.2, 0.25) is 5.95 Å². The van der Waals surface area contributed by atoms with Crippen LogP contribution in [-0.4, -0.2) is 9.55 Å². The molecule has 0 radical (unpaired) electrons. The highest BCUT2D eigenvalue weighted by Gasteiger charge is 2.10. The van der Waals surface area contributed by atoms with Crippen molar-refractivity contribution in [1.29, 1.82) is 0 Å². The molecular weight excluding hydrogens is 186 g/mol. The summed E-state index contributed by atoms with van der Waals surface area (Å²) in [5, 5.41) is 0. The Morgan fingerprint density at radius 2 is 2.13 bits per heavy atom. The van der Waals surface area contributed by atoms with E-state index in [-0.39, 0.29) is 0 Å². The van der Waals surface area contributed by atoms with Gasteiger partial charge in [-0.05, 0) is 24.5 Å². The number of hydrogen-bond donors (Lipinski definition) is 1. The van der Waals surface area contributed by atoms with Gasteiger partial charge in [-0.25, -0.2) is 4.98 Å². The average molecular weight is 203 g/mol. The molecule has 0 saturated heterocycles. The van der Waals surface area contributed by atoms with E-state index in [4.69, 9.17) is 5.73 Å². The molecule has 3 nitrogen and oxygen atoms in total. The van der Waals surface area contributed by atoms with Crippen LogP contribution in [0.4, 0.5) is 5.95 Å². The zero-order valence-electron chi connectivity index (χ0n) is 9.49. The molecule has 0 bridgehead atoms. The molecule has 0 fully saturated rings. The number of para-hydroxylation sites is 1. The number of nitrogens with two attached hydrogens (primary N) is 1. The van der Waals surface area contributed by atoms with Gasteiger partial charge in [0.25, 0.3) is 0 Å². The lowest BCUT2D eigenvalue weighted by Gasteiger charge is -2.08. The normalized spacial score (nSPS) is 11.5. The monoisotopic (exact) mass is 203 g/mol. The number of hydrogen-bond acceptors (Lipinski definition) is 2. The Bertz CT molecular complexity index is 483. The highest BCUT2D eigenvalue weighted by atomic mass is 15.2. The van der Waals surface area contributed by atoms with Gasteiger partial charge in [-0.3, -0.25) is 0 Å². The lowest BCUT2D eigenvalue weighted by atomic mass is 10.2. The fraction of sp³-hybridized carbons (Fsp3) is 0.417. The van der Waals surface area contributed by atoms with Gasteiger partial charge in [-0.15, -0.1) is 0 Å². The molecule has 0 unspecified atom stereocenters. The van der Waals surface area contributed by atoms with Crippen LogP contribution in [0.5, 0.6) is 0 Å². The first-order valence-electron chi connectivity index (χ1n) is 5.31. The number of anilines is 1. The standard InChI is InChI=1S/C12H17N3/c1-8(2)7-15-10-6-4-5-9(3)11(10)14-12(15)13/h4-6,8H,7H2,1-3H3,(H2,13,14). The second-order valence-electron chi connectivity index (χ2n) is 4.42. The summed E-state index contributed by atoms with van der Waals surface area (Å²) >= 11 is 0. The minimum Gasteiger partial charge on any atom is -0.369 e. The third-order valence-electron chi connectivity index (χ3n) is 2.56. The lowest BCUT2D eigenvalue weighted by Crippen LogP contribution is -2.07. The summed E-state index contributed by atoms with van der Waals surface area (Å²) in [6.07, 6.45) is 0. The van der Waals surface area contributed by atoms with Crippen molar-refractivity contribution in [3.05, 3.63) is 23.8 Å². The Balaban J connectivity index is 2.63. The molecule has 3 heteroatoms. The number of nitrogen functional groups attached to an aromatic ring is 1. The lowest BCUT2D eigenvalue weighted by molar-refractivity contribution is 0.538. The maximum absolute atomic E-state index is 5.92. The van der Waals surface area contributed by atoms with E-state index in [1.807, 2.05) is 0 Å². The molecule has 15 heavy (non-hydrogen) atoms. The molecule has 0 aliphatic rings. The summed E-state index contributed by atoms with van der Waals surface area (Å²) in [6.45, 7) is 7.35. The summed E-state index contributed by atoms with van der Waals surface area (Å²) in [7, 11) is 0. The third kappa shape index (κ3) is 1.69. The maximum atomic E-state index is 5.92. The molecule has 2 aromatic rings. The van der Waals surface area contributed by atoms with E-state index in [9.17, 15) is 0 Å². The summed E-state index contributed by atoms with van der Waals surface area (Å²) in [6, 6.07) is 6.19. The molecule has 2 N–H and O–H groups in total. The molecule has 2 rings (SSSR count). The van der Waals surface area contributed by atoms with Crippen LogP contribution >= 0.6 is 0 Å². The van der Waals surface area contributed by atoms with Crippen LogP contribution in [0, 0.1) is 12.8 Å². The van der Waals surface area contributed by atoms with Crippen molar-refractivity contribution in [2.75, 3.05) is 5.73 Å². The van der Waals surface area contributed by atoms with E-state index in [1.54, 1.807) is 0 Å². The number of fused-ring (bicyclic) bond motifs is 1. The Morgan fingerprint density at radius 1 is 1.40 bits per heavy atom. The highest BCUT2D eigenvalue weighted by molar-refractivity contribution is 5.81. The van der Waals surface area contributed by atoms with E-state index in [2.05, 4.69) is 48.5 Å². The molecule has 1 aromatic carbocycles. The van der Waals surface area contributed by atoms with Gasteiger partial charge in [0, 0.05) is 6.54 Å². The fourth-order valence-electron chi connectivity index (χ4n) is 1.86. The summed E-state index contributed by atoms with van der Waals surface area (Å²) < 4.78 is 2.09. The quantitative estimate of drug-likeness (QED) is 0.815. The zero-order chi connectivity index (χ0) is 11.0. The first-order valence-corrected chi connectivity index (χ1v) is 5.31. The van der Waals surface area contributed by atoms with Gasteiger partial charge in [-0.2, -0.15) is 0 Å². The summed E-state index contributed by atoms with van der Waals surface area (Å²) in [5.74, 6) is 1.19. The van der Waals surface area contributed by atoms with Crippen LogP contribution in [0.2, 0.25) is 0 Å². The first kappa shape index (κ1) is 10.0. The van der Waals surface area contributed by atoms with E-state index < -0.39 is 0 Å². The van der Waals surface area contributed by atoms with E-state index in [1.165, 1.54) is 5.56 Å². The number of nitrogens with zero attached hydrogens (tertiary/aromatic N) is 2. The number of imidazole rings is 1. The largest absolute Gasteiger partial charge is 0.369 e. The number of benzene rings is 1. The van der Waals surface area contributed by atoms with Crippen LogP contribution in [0.3, 0.4) is 0 Å². The number of rotatable bonds is 2. The first-order chi connectivity index (χ1) is 7.09. The molecule has 1 aromatic heterocycles. The Hall–Kier alpha value is -1.51. The molecule has 0 aliphatic carbocycles. The minimum absolute atomic E-state index is 0.574. The fourth-order valence-corrected chi connectivity index (χ4v) is 1.86. The Morgan fingerprint density at radius 3 is 2.80 bits per heavy atom. The van der Waals surface area contributed by atoms with Crippen molar-refractivity contribution in [3.8, 4) is 0 Å². The van der Waals surface area contributed by atoms with Gasteiger partial charge in [0.15, 0.2) is 0 Å². The van der Waals surface area contributed by atoms with Crippen LogP contribution in [0.15, 0.2) is 18.2 Å². The zero-order valence-corrected chi connectivity index (χ0v) is 9.49. The molecule has 0 atom stereocenters. The second kappa shape index (κ2) is 3.57. The van der Waals surface area contributed by atoms with E-state index in [0.717, 1.165) is 17.6 Å². The molecule has 0 saturated carbocycles. The van der Waals surface area contributed by atoms with Crippen molar-refractivity contribution in [2.24, 2.45) is 5.92 Å². The Kier molecular flexibility index (Phi) is 2.39. The van der Waals surface area contributed by atoms with Crippen molar-refractivity contribution in [2.45, 2.75) is 27.3 Å². The topological polar surface area (TPSA) is 43.8 Å². The van der Waals surface area contributed by atoms with Gasteiger partial charge in [0.05, 0.1) is 11.0 Å². The van der Waals surface area contributed by atoms with Gasteiger partial charge < -0.3 is 10.3 Å². The molecule has 0 spiro atoms. The molecular formula is C12H17N3. The van der Waals surface area contributed by atoms with Crippen LogP contribution in [0.1, 0.15) is 19.4 Å². The summed E-state index contributed by atoms with van der Waals surface area (Å²) in [4.78, 5) is 4.41. The SMILES string of the molecule is Cc1cccc2c1nc(N)n2CC(C)C. The predicted molar refractivity (Wildman–Crippen MR) is 63.7 cm³/mol. The third-order valence-corrected chi connectivity index (χ3v) is 2.56. The van der Waals surface area contributed by atoms with Crippen LogP contribution in [-0.2, 0) is 6.54 Å². The summed E-state index contributed by atoms with van der Waals surface area (Å²) in [5.41, 5.74) is 9.27. The van der Waals surface area contributed by atoms with Crippen LogP contribution in [0.25, 0.3) is 11.0 Å². The maximum Gasteiger partial charge on any atom is 0.201 e. The van der Waals surface area contributed by atoms with Gasteiger partial charge >= 0.3 is 0 Å². The molecule has 0 amide bonds. The van der Waals surface area contributed by atoms with Crippen LogP contribution < -0.4 is 5.73 Å². The van der Waals surface area contributed by atoms with Crippen molar-refractivity contribution in [3.63, 3.8) is 0 Å². The van der Waals surface area contributed by atoms with Gasteiger partial charge in [0.1, 0.15) is 0 Å².